The fourth-order valence-electron chi connectivity index (χ4n) is 4.91. The van der Waals surface area contributed by atoms with Crippen molar-refractivity contribution in [2.24, 2.45) is 17.3 Å². The first-order valence-corrected chi connectivity index (χ1v) is 12.8. The maximum absolute atomic E-state index is 14.4. The highest BCUT2D eigenvalue weighted by Crippen LogP contribution is 2.41. The van der Waals surface area contributed by atoms with Crippen molar-refractivity contribution in [2.75, 3.05) is 13.1 Å². The van der Waals surface area contributed by atoms with Gasteiger partial charge in [-0.2, -0.15) is 18.3 Å². The number of alkyl halides is 3. The Kier molecular flexibility index (Phi) is 8.82. The van der Waals surface area contributed by atoms with Gasteiger partial charge in [-0.3, -0.25) is 24.0 Å². The molecule has 1 saturated carbocycles. The van der Waals surface area contributed by atoms with Gasteiger partial charge in [0.15, 0.2) is 11.5 Å². The standard InChI is InChI=1S/C25H29Cl2F3N4O4/c1-13-7-14(5-6-15(13)23(37)38)34-21(25(28,29)30)16(8-32-34)22(36)33(12-24(2,3)4)11-19(35)20-17(26)9-31-10-18(20)27/h8-10,13-15H,5-7,11-12H2,1-4H3,(H,37,38). The third kappa shape index (κ3) is 6.66. The molecule has 1 fully saturated rings. The summed E-state index contributed by atoms with van der Waals surface area (Å²) >= 11 is 12.2. The highest BCUT2D eigenvalue weighted by atomic mass is 35.5. The molecule has 38 heavy (non-hydrogen) atoms. The van der Waals surface area contributed by atoms with Crippen LogP contribution in [0.15, 0.2) is 18.6 Å². The van der Waals surface area contributed by atoms with Crippen LogP contribution < -0.4 is 0 Å². The first kappa shape index (κ1) is 29.9. The molecular weight excluding hydrogens is 548 g/mol. The molecule has 2 aromatic rings. The maximum atomic E-state index is 14.4. The lowest BCUT2D eigenvalue weighted by molar-refractivity contribution is -0.149. The van der Waals surface area contributed by atoms with Crippen molar-refractivity contribution >= 4 is 40.9 Å². The van der Waals surface area contributed by atoms with Crippen molar-refractivity contribution in [2.45, 2.75) is 59.2 Å². The summed E-state index contributed by atoms with van der Waals surface area (Å²) in [5.41, 5.74) is -2.55. The van der Waals surface area contributed by atoms with Gasteiger partial charge in [0, 0.05) is 18.9 Å². The zero-order valence-corrected chi connectivity index (χ0v) is 22.9. The first-order chi connectivity index (χ1) is 17.5. The minimum absolute atomic E-state index is 0.0405. The van der Waals surface area contributed by atoms with Crippen molar-refractivity contribution < 1.29 is 32.7 Å². The van der Waals surface area contributed by atoms with Crippen molar-refractivity contribution in [3.8, 4) is 0 Å². The first-order valence-electron chi connectivity index (χ1n) is 12.0. The van der Waals surface area contributed by atoms with E-state index in [0.29, 0.717) is 0 Å². The fourth-order valence-corrected chi connectivity index (χ4v) is 5.48. The van der Waals surface area contributed by atoms with E-state index in [4.69, 9.17) is 23.2 Å². The van der Waals surface area contributed by atoms with Gasteiger partial charge in [-0.25, -0.2) is 0 Å². The quantitative estimate of drug-likeness (QED) is 0.403. The zero-order chi connectivity index (χ0) is 28.6. The molecule has 3 rings (SSSR count). The number of carbonyl (C=O) groups is 3. The Hall–Kier alpha value is -2.66. The summed E-state index contributed by atoms with van der Waals surface area (Å²) in [5, 5.41) is 13.2. The van der Waals surface area contributed by atoms with Crippen LogP contribution in [0.3, 0.4) is 0 Å². The average Bonchev–Trinajstić information content (AvgIpc) is 3.22. The number of nitrogens with zero attached hydrogens (tertiary/aromatic N) is 4. The second kappa shape index (κ2) is 11.2. The molecule has 1 aliphatic carbocycles. The Bertz CT molecular complexity index is 1210. The predicted molar refractivity (Wildman–Crippen MR) is 134 cm³/mol. The van der Waals surface area contributed by atoms with Crippen LogP contribution in [0.2, 0.25) is 10.0 Å². The monoisotopic (exact) mass is 576 g/mol. The second-order valence-electron chi connectivity index (χ2n) is 10.9. The van der Waals surface area contributed by atoms with E-state index >= 15 is 0 Å². The minimum Gasteiger partial charge on any atom is -0.481 e. The number of carbonyl (C=O) groups excluding carboxylic acids is 2. The Labute approximate surface area is 228 Å². The highest BCUT2D eigenvalue weighted by Gasteiger charge is 2.44. The van der Waals surface area contributed by atoms with Crippen LogP contribution in [0.4, 0.5) is 13.2 Å². The summed E-state index contributed by atoms with van der Waals surface area (Å²) in [6.07, 6.45) is -1.11. The number of carboxylic acid groups (broad SMARTS) is 1. The van der Waals surface area contributed by atoms with E-state index in [0.717, 1.165) is 15.8 Å². The number of aromatic nitrogens is 3. The molecule has 0 saturated heterocycles. The number of rotatable bonds is 7. The Morgan fingerprint density at radius 1 is 1.11 bits per heavy atom. The molecule has 8 nitrogen and oxygen atoms in total. The van der Waals surface area contributed by atoms with Gasteiger partial charge in [-0.1, -0.05) is 50.9 Å². The van der Waals surface area contributed by atoms with Crippen molar-refractivity contribution in [3.63, 3.8) is 0 Å². The molecule has 0 bridgehead atoms. The predicted octanol–water partition coefficient (Wildman–Crippen LogP) is 6.04. The molecule has 3 atom stereocenters. The molecule has 0 aromatic carbocycles. The van der Waals surface area contributed by atoms with E-state index in [2.05, 4.69) is 10.1 Å². The number of Topliss-reactive ketones (excluding diaryl/α,β-unsaturated/α-hetero) is 1. The third-order valence-electron chi connectivity index (χ3n) is 6.52. The lowest BCUT2D eigenvalue weighted by atomic mass is 9.78. The molecule has 208 valence electrons. The van der Waals surface area contributed by atoms with Crippen LogP contribution in [0.25, 0.3) is 0 Å². The topological polar surface area (TPSA) is 105 Å². The van der Waals surface area contributed by atoms with E-state index in [1.807, 2.05) is 0 Å². The van der Waals surface area contributed by atoms with Crippen molar-refractivity contribution in [1.29, 1.82) is 0 Å². The van der Waals surface area contributed by atoms with Crippen molar-refractivity contribution in [3.05, 3.63) is 45.5 Å². The van der Waals surface area contributed by atoms with Crippen LogP contribution in [-0.2, 0) is 11.0 Å². The van der Waals surface area contributed by atoms with Gasteiger partial charge in [0.2, 0.25) is 0 Å². The summed E-state index contributed by atoms with van der Waals surface area (Å²) in [5.74, 6) is -3.68. The number of ketones is 1. The third-order valence-corrected chi connectivity index (χ3v) is 7.09. The van der Waals surface area contributed by atoms with Crippen LogP contribution >= 0.6 is 23.2 Å². The van der Waals surface area contributed by atoms with E-state index < -0.39 is 59.0 Å². The molecule has 1 aliphatic rings. The molecule has 13 heteroatoms. The van der Waals surface area contributed by atoms with Gasteiger partial charge in [0.25, 0.3) is 5.91 Å². The SMILES string of the molecule is CC1CC(n2ncc(C(=O)N(CC(=O)c3c(Cl)cncc3Cl)CC(C)(C)C)c2C(F)(F)F)CCC1C(=O)O. The fraction of sp³-hybridized carbons (Fsp3) is 0.560. The van der Waals surface area contributed by atoms with Gasteiger partial charge in [0.1, 0.15) is 0 Å². The number of aliphatic carboxylic acids is 1. The van der Waals surface area contributed by atoms with Crippen LogP contribution in [0.1, 0.15) is 79.4 Å². The number of carboxylic acids is 1. The largest absolute Gasteiger partial charge is 0.481 e. The lowest BCUT2D eigenvalue weighted by Gasteiger charge is -2.33. The smallest absolute Gasteiger partial charge is 0.433 e. The molecular formula is C25H29Cl2F3N4O4. The Balaban J connectivity index is 1.99. The summed E-state index contributed by atoms with van der Waals surface area (Å²) in [7, 11) is 0. The number of hydrogen-bond donors (Lipinski definition) is 1. The Morgan fingerprint density at radius 3 is 2.21 bits per heavy atom. The molecule has 3 unspecified atom stereocenters. The molecule has 2 aromatic heterocycles. The second-order valence-corrected chi connectivity index (χ2v) is 11.7. The van der Waals surface area contributed by atoms with E-state index in [1.54, 1.807) is 27.7 Å². The number of halogens is 5. The van der Waals surface area contributed by atoms with Gasteiger partial charge >= 0.3 is 12.1 Å². The van der Waals surface area contributed by atoms with Crippen LogP contribution in [0, 0.1) is 17.3 Å². The summed E-state index contributed by atoms with van der Waals surface area (Å²) in [6, 6.07) is -0.731. The molecule has 1 N–H and O–H groups in total. The average molecular weight is 577 g/mol. The number of pyridine rings is 1. The summed E-state index contributed by atoms with van der Waals surface area (Å²) in [4.78, 5) is 43.0. The van der Waals surface area contributed by atoms with Gasteiger partial charge < -0.3 is 10.0 Å². The van der Waals surface area contributed by atoms with Gasteiger partial charge in [-0.05, 0) is 30.6 Å². The summed E-state index contributed by atoms with van der Waals surface area (Å²) in [6.45, 7) is 6.41. The van der Waals surface area contributed by atoms with Gasteiger partial charge in [-0.15, -0.1) is 0 Å². The van der Waals surface area contributed by atoms with E-state index in [-0.39, 0.29) is 47.3 Å². The van der Waals surface area contributed by atoms with Crippen LogP contribution in [-0.4, -0.2) is 55.5 Å². The molecule has 1 amide bonds. The van der Waals surface area contributed by atoms with Crippen molar-refractivity contribution in [1.82, 2.24) is 19.7 Å². The van der Waals surface area contributed by atoms with Crippen LogP contribution in [0.5, 0.6) is 0 Å². The van der Waals surface area contributed by atoms with E-state index in [1.165, 1.54) is 12.4 Å². The highest BCUT2D eigenvalue weighted by molar-refractivity contribution is 6.39. The summed E-state index contributed by atoms with van der Waals surface area (Å²) < 4.78 is 43.9. The minimum atomic E-state index is -4.93. The zero-order valence-electron chi connectivity index (χ0n) is 21.4. The van der Waals surface area contributed by atoms with E-state index in [9.17, 15) is 32.7 Å². The maximum Gasteiger partial charge on any atom is 0.433 e. The molecule has 0 spiro atoms. The number of hydrogen-bond acceptors (Lipinski definition) is 5. The molecule has 2 heterocycles. The Morgan fingerprint density at radius 2 is 1.71 bits per heavy atom. The lowest BCUT2D eigenvalue weighted by Crippen LogP contribution is -2.42. The number of amides is 1. The molecule has 0 aliphatic heterocycles. The molecule has 0 radical (unpaired) electrons. The van der Waals surface area contributed by atoms with Gasteiger partial charge in [0.05, 0.1) is 45.9 Å². The normalized spacial score (nSPS) is 20.3.